The molecule has 0 radical (unpaired) electrons. The van der Waals surface area contributed by atoms with E-state index in [0.717, 1.165) is 5.56 Å². The van der Waals surface area contributed by atoms with E-state index < -0.39 is 81.0 Å². The Kier molecular flexibility index (Phi) is 17.0. The van der Waals surface area contributed by atoms with E-state index in [-0.39, 0.29) is 65.6 Å². The maximum Gasteiger partial charge on any atom is 0.403 e. The molecule has 1 heterocycles. The number of fused-ring (bicyclic) bond motifs is 2. The number of amides is 2. The molecule has 0 saturated carbocycles. The van der Waals surface area contributed by atoms with Crippen LogP contribution in [0.3, 0.4) is 0 Å². The maximum atomic E-state index is 13.1. The van der Waals surface area contributed by atoms with Crippen molar-refractivity contribution in [1.82, 2.24) is 15.7 Å². The van der Waals surface area contributed by atoms with Crippen LogP contribution >= 0.6 is 7.75 Å². The van der Waals surface area contributed by atoms with Gasteiger partial charge in [0.15, 0.2) is 11.8 Å². The summed E-state index contributed by atoms with van der Waals surface area (Å²) in [7, 11) is -4.89. The summed E-state index contributed by atoms with van der Waals surface area (Å²) in [6.07, 6.45) is 6.55. The van der Waals surface area contributed by atoms with Gasteiger partial charge >= 0.3 is 25.7 Å². The lowest BCUT2D eigenvalue weighted by atomic mass is 9.74. The molecule has 2 aliphatic rings. The van der Waals surface area contributed by atoms with Crippen LogP contribution in [0.1, 0.15) is 92.2 Å². The molecule has 4 unspecified atom stereocenters. The molecule has 2 amide bonds. The molecule has 0 aromatic heterocycles. The van der Waals surface area contributed by atoms with Crippen LogP contribution in [-0.4, -0.2) is 105 Å². The Balaban J connectivity index is 1.03. The van der Waals surface area contributed by atoms with E-state index >= 15 is 0 Å². The maximum absolute atomic E-state index is 13.1. The fraction of sp³-hybridized carbons (Fsp3) is 0.318. The fourth-order valence-electron chi connectivity index (χ4n) is 7.12. The molecule has 20 nitrogen and oxygen atoms in total. The van der Waals surface area contributed by atoms with Crippen LogP contribution in [0.2, 0.25) is 0 Å². The predicted octanol–water partition coefficient (Wildman–Crippen LogP) is 3.65. The molecule has 0 fully saturated rings. The van der Waals surface area contributed by atoms with Gasteiger partial charge in [-0.3, -0.25) is 33.3 Å². The van der Waals surface area contributed by atoms with E-state index in [2.05, 4.69) is 15.4 Å². The Morgan fingerprint density at radius 2 is 1.55 bits per heavy atom. The number of unbranched alkanes of at least 4 members (excludes halogenated alkanes) is 2. The second kappa shape index (κ2) is 22.6. The van der Waals surface area contributed by atoms with Crippen molar-refractivity contribution in [2.75, 3.05) is 19.8 Å². The molecular weight excluding hydrogens is 873 g/mol. The summed E-state index contributed by atoms with van der Waals surface area (Å²) in [4.78, 5) is 106. The number of carbonyl (C=O) groups excluding carboxylic acids is 5. The van der Waals surface area contributed by atoms with Crippen molar-refractivity contribution in [3.05, 3.63) is 118 Å². The van der Waals surface area contributed by atoms with E-state index in [0.29, 0.717) is 42.6 Å². The summed E-state index contributed by atoms with van der Waals surface area (Å²) in [5.74, 6) is -6.63. The number of aromatic hydroxyl groups is 1. The molecule has 3 aromatic carbocycles. The van der Waals surface area contributed by atoms with Gasteiger partial charge in [0, 0.05) is 66.5 Å². The Morgan fingerprint density at radius 1 is 0.846 bits per heavy atom. The highest BCUT2D eigenvalue weighted by molar-refractivity contribution is 7.50. The lowest BCUT2D eigenvalue weighted by molar-refractivity contribution is -0.141. The highest BCUT2D eigenvalue weighted by Crippen LogP contribution is 2.49. The topological polar surface area (TPSA) is 319 Å². The van der Waals surface area contributed by atoms with Crippen molar-refractivity contribution in [3.8, 4) is 11.5 Å². The number of hydrogen-bond donors (Lipinski definition) is 8. The number of aliphatic carboxylic acids is 2. The van der Waals surface area contributed by atoms with Crippen LogP contribution in [0.25, 0.3) is 0 Å². The molecule has 344 valence electrons. The molecule has 0 spiro atoms. The summed E-state index contributed by atoms with van der Waals surface area (Å²) in [5, 5.41) is 45.8. The van der Waals surface area contributed by atoms with Gasteiger partial charge in [-0.2, -0.15) is 0 Å². The van der Waals surface area contributed by atoms with Crippen LogP contribution in [0.5, 0.6) is 11.5 Å². The summed E-state index contributed by atoms with van der Waals surface area (Å²) in [6.45, 7) is -1.06. The molecule has 3 aromatic rings. The zero-order chi connectivity index (χ0) is 47.3. The third-order valence-corrected chi connectivity index (χ3v) is 11.6. The molecule has 5 rings (SSSR count). The first kappa shape index (κ1) is 49.0. The second-order valence-corrected chi connectivity index (χ2v) is 16.6. The summed E-state index contributed by atoms with van der Waals surface area (Å²) >= 11 is 0. The molecule has 21 heteroatoms. The average molecular weight is 920 g/mol. The third-order valence-electron chi connectivity index (χ3n) is 10.4. The van der Waals surface area contributed by atoms with Gasteiger partial charge in [0.05, 0.1) is 18.8 Å². The van der Waals surface area contributed by atoms with Crippen molar-refractivity contribution in [3.63, 3.8) is 0 Å². The molecule has 0 bridgehead atoms. The number of carboxylic acid groups (broad SMARTS) is 3. The summed E-state index contributed by atoms with van der Waals surface area (Å²) in [5.41, 5.74) is 1.78. The van der Waals surface area contributed by atoms with Gasteiger partial charge in [0.2, 0.25) is 0 Å². The summed E-state index contributed by atoms with van der Waals surface area (Å²) in [6, 6.07) is 11.4. The number of rotatable bonds is 25. The Labute approximate surface area is 370 Å². The normalized spacial score (nSPS) is 16.8. The quantitative estimate of drug-likeness (QED) is 0.0342. The predicted molar refractivity (Wildman–Crippen MR) is 226 cm³/mol. The number of aromatic carboxylic acids is 1. The molecule has 0 saturated heterocycles. The van der Waals surface area contributed by atoms with Crippen LogP contribution in [0.15, 0.2) is 84.7 Å². The van der Waals surface area contributed by atoms with Crippen LogP contribution in [-0.2, 0) is 44.2 Å². The minimum atomic E-state index is -4.89. The number of carbonyl (C=O) groups is 8. The number of ether oxygens (including phenoxy) is 2. The Bertz CT molecular complexity index is 2430. The number of Topliss-reactive ketones (excluding diaryl/α,β-unsaturated/α-hetero) is 1. The van der Waals surface area contributed by atoms with Gasteiger partial charge in [-0.15, -0.1) is 0 Å². The third kappa shape index (κ3) is 13.8. The molecule has 65 heavy (non-hydrogen) atoms. The molecule has 1 aliphatic heterocycles. The van der Waals surface area contributed by atoms with Crippen molar-refractivity contribution in [1.29, 1.82) is 0 Å². The van der Waals surface area contributed by atoms with Gasteiger partial charge in [-0.25, -0.2) is 19.2 Å². The number of carboxylic acids is 3. The average Bonchev–Trinajstić information content (AvgIpc) is 3.26. The van der Waals surface area contributed by atoms with E-state index in [4.69, 9.17) is 9.26 Å². The van der Waals surface area contributed by atoms with E-state index in [1.165, 1.54) is 48.6 Å². The molecular formula is C44H46N3O17P. The first-order valence-electron chi connectivity index (χ1n) is 20.2. The van der Waals surface area contributed by atoms with Crippen molar-refractivity contribution >= 4 is 55.5 Å². The smallest absolute Gasteiger partial charge is 0.403 e. The van der Waals surface area contributed by atoms with E-state index in [1.54, 1.807) is 30.3 Å². The van der Waals surface area contributed by atoms with Crippen molar-refractivity contribution < 1.29 is 82.2 Å². The number of phenols is 1. The van der Waals surface area contributed by atoms with Crippen molar-refractivity contribution in [2.45, 2.75) is 62.9 Å². The highest BCUT2D eigenvalue weighted by Gasteiger charge is 2.39. The largest absolute Gasteiger partial charge is 0.508 e. The lowest BCUT2D eigenvalue weighted by Crippen LogP contribution is -2.44. The number of hydrogen-bond acceptors (Lipinski definition) is 13. The highest BCUT2D eigenvalue weighted by atomic mass is 31.2. The molecule has 8 N–H and O–H groups in total. The number of benzene rings is 3. The number of nitrogens with one attached hydrogen (secondary N) is 3. The SMILES string of the molecule is O=COCC[C@H](NP(=O)(O)OCC(NC(=O)c1ccc(CCC(=O)CCCCCNC(=O)c2ccc(C3c4ccc(O)cc4OC4=CC(=O)C=CC43)c(C(=O)O)c2)cc1)C(=O)O)C(=O)O. The fourth-order valence-corrected chi connectivity index (χ4v) is 8.18. The number of ketones is 2. The minimum Gasteiger partial charge on any atom is -0.508 e. The van der Waals surface area contributed by atoms with Gasteiger partial charge < -0.3 is 45.4 Å². The van der Waals surface area contributed by atoms with Crippen molar-refractivity contribution in [2.24, 2.45) is 5.92 Å². The second-order valence-electron chi connectivity index (χ2n) is 15.0. The molecule has 1 aliphatic carbocycles. The summed E-state index contributed by atoms with van der Waals surface area (Å²) < 4.78 is 27.4. The van der Waals surface area contributed by atoms with Gasteiger partial charge in [-0.05, 0) is 66.8 Å². The first-order chi connectivity index (χ1) is 31.0. The van der Waals surface area contributed by atoms with Gasteiger partial charge in [0.1, 0.15) is 29.1 Å². The molecule has 5 atom stereocenters. The number of allylic oxidation sites excluding steroid dienone is 3. The monoisotopic (exact) mass is 919 g/mol. The Hall–Kier alpha value is -6.99. The first-order valence-corrected chi connectivity index (χ1v) is 21.8. The van der Waals surface area contributed by atoms with Gasteiger partial charge in [0.25, 0.3) is 18.3 Å². The minimum absolute atomic E-state index is 0.0111. The van der Waals surface area contributed by atoms with Gasteiger partial charge in [-0.1, -0.05) is 36.8 Å². The van der Waals surface area contributed by atoms with Crippen LogP contribution < -0.4 is 20.5 Å². The number of aryl methyl sites for hydroxylation is 1. The number of phenolic OH excluding ortho intramolecular Hbond substituents is 1. The lowest BCUT2D eigenvalue weighted by Gasteiger charge is -2.35. The zero-order valence-electron chi connectivity index (χ0n) is 34.5. The van der Waals surface area contributed by atoms with Crippen LogP contribution in [0.4, 0.5) is 0 Å². The van der Waals surface area contributed by atoms with E-state index in [1.807, 2.05) is 5.09 Å². The zero-order valence-corrected chi connectivity index (χ0v) is 35.4. The Morgan fingerprint density at radius 3 is 2.25 bits per heavy atom. The standard InChI is InChI=1S/C44H46N3O17P/c48-24-62-19-17-35(43(56)57)47-65(60,61)63-23-36(44(58)59)46-41(53)26-8-5-25(6-9-26)7-11-28(49)4-2-1-3-18-45-40(52)27-10-14-31(34(20-27)42(54)55)39-32-15-12-29(50)21-37(32)64-38-22-30(51)13-16-33(38)39/h5-6,8-10,12-16,20-22,24,32,35-36,39,51H,1-4,7,11,17-19,23H2,(H,45,52)(H,46,53)(H,54,55)(H,56,57)(H,58,59)(H2,47,60,61)/t32?,35-,36?,39?/m0/s1. The van der Waals surface area contributed by atoms with Crippen LogP contribution in [0, 0.1) is 5.92 Å². The van der Waals surface area contributed by atoms with E-state index in [9.17, 15) is 68.2 Å².